The molecule has 0 radical (unpaired) electrons. The Labute approximate surface area is 120 Å². The number of aryl methyl sites for hydroxylation is 1. The molecule has 104 valence electrons. The van der Waals surface area contributed by atoms with E-state index < -0.39 is 0 Å². The van der Waals surface area contributed by atoms with Gasteiger partial charge in [-0.1, -0.05) is 30.3 Å². The van der Waals surface area contributed by atoms with Crippen LogP contribution in [0.3, 0.4) is 0 Å². The van der Waals surface area contributed by atoms with E-state index in [4.69, 9.17) is 9.68 Å². The van der Waals surface area contributed by atoms with Gasteiger partial charge in [0.15, 0.2) is 0 Å². The van der Waals surface area contributed by atoms with Gasteiger partial charge >= 0.3 is 0 Å². The number of hydrogen-bond acceptors (Lipinski definition) is 3. The van der Waals surface area contributed by atoms with Crippen molar-refractivity contribution in [1.82, 2.24) is 5.32 Å². The minimum atomic E-state index is 0.0906. The van der Waals surface area contributed by atoms with E-state index in [0.29, 0.717) is 12.5 Å². The number of nitrogens with zero attached hydrogens (tertiary/aromatic N) is 1. The molecule has 0 amide bonds. The Morgan fingerprint density at radius 3 is 2.65 bits per heavy atom. The second-order valence-electron chi connectivity index (χ2n) is 5.01. The summed E-state index contributed by atoms with van der Waals surface area (Å²) in [5.74, 6) is 1.01. The SMILES string of the molecule is CC(CCc1ccco1)NC(CC#N)c1ccccc1. The summed E-state index contributed by atoms with van der Waals surface area (Å²) in [5.41, 5.74) is 1.17. The van der Waals surface area contributed by atoms with Gasteiger partial charge in [-0.25, -0.2) is 0 Å². The lowest BCUT2D eigenvalue weighted by molar-refractivity contribution is 0.419. The van der Waals surface area contributed by atoms with Crippen molar-refractivity contribution in [1.29, 1.82) is 5.26 Å². The molecule has 1 aromatic carbocycles. The molecule has 0 fully saturated rings. The Kier molecular flexibility index (Phi) is 5.40. The molecule has 3 heteroatoms. The molecular weight excluding hydrogens is 248 g/mol. The lowest BCUT2D eigenvalue weighted by Crippen LogP contribution is -2.30. The highest BCUT2D eigenvalue weighted by atomic mass is 16.3. The fourth-order valence-electron chi connectivity index (χ4n) is 2.29. The highest BCUT2D eigenvalue weighted by Crippen LogP contribution is 2.17. The summed E-state index contributed by atoms with van der Waals surface area (Å²) >= 11 is 0. The largest absolute Gasteiger partial charge is 0.469 e. The summed E-state index contributed by atoms with van der Waals surface area (Å²) in [6.07, 6.45) is 4.09. The Bertz CT molecular complexity index is 528. The van der Waals surface area contributed by atoms with E-state index in [-0.39, 0.29) is 6.04 Å². The van der Waals surface area contributed by atoms with E-state index in [2.05, 4.69) is 30.4 Å². The first kappa shape index (κ1) is 14.4. The van der Waals surface area contributed by atoms with E-state index >= 15 is 0 Å². The highest BCUT2D eigenvalue weighted by Gasteiger charge is 2.14. The van der Waals surface area contributed by atoms with Crippen LogP contribution in [0.4, 0.5) is 0 Å². The maximum atomic E-state index is 8.99. The molecule has 2 atom stereocenters. The Balaban J connectivity index is 1.89. The average Bonchev–Trinajstić information content (AvgIpc) is 2.99. The fourth-order valence-corrected chi connectivity index (χ4v) is 2.29. The summed E-state index contributed by atoms with van der Waals surface area (Å²) < 4.78 is 5.34. The fraction of sp³-hybridized carbons (Fsp3) is 0.353. The number of rotatable bonds is 7. The van der Waals surface area contributed by atoms with Gasteiger partial charge in [0.05, 0.1) is 18.8 Å². The summed E-state index contributed by atoms with van der Waals surface area (Å²) in [7, 11) is 0. The van der Waals surface area contributed by atoms with Crippen LogP contribution in [0.2, 0.25) is 0 Å². The zero-order chi connectivity index (χ0) is 14.2. The number of furan rings is 1. The highest BCUT2D eigenvalue weighted by molar-refractivity contribution is 5.20. The molecule has 3 nitrogen and oxygen atoms in total. The normalized spacial score (nSPS) is 13.6. The molecule has 0 aliphatic heterocycles. The Morgan fingerprint density at radius 1 is 1.20 bits per heavy atom. The van der Waals surface area contributed by atoms with Crippen molar-refractivity contribution >= 4 is 0 Å². The first-order valence-corrected chi connectivity index (χ1v) is 7.00. The summed E-state index contributed by atoms with van der Waals surface area (Å²) in [4.78, 5) is 0. The molecule has 2 aromatic rings. The summed E-state index contributed by atoms with van der Waals surface area (Å²) in [5, 5.41) is 12.5. The molecule has 0 aliphatic carbocycles. The van der Waals surface area contributed by atoms with Crippen LogP contribution in [-0.4, -0.2) is 6.04 Å². The predicted molar refractivity (Wildman–Crippen MR) is 79.0 cm³/mol. The third-order valence-corrected chi connectivity index (χ3v) is 3.39. The number of benzene rings is 1. The van der Waals surface area contributed by atoms with Crippen LogP contribution in [0.15, 0.2) is 53.1 Å². The molecule has 1 heterocycles. The lowest BCUT2D eigenvalue weighted by atomic mass is 10.0. The van der Waals surface area contributed by atoms with Gasteiger partial charge in [-0.15, -0.1) is 0 Å². The van der Waals surface area contributed by atoms with Crippen molar-refractivity contribution < 1.29 is 4.42 Å². The zero-order valence-corrected chi connectivity index (χ0v) is 11.8. The van der Waals surface area contributed by atoms with Crippen LogP contribution >= 0.6 is 0 Å². The van der Waals surface area contributed by atoms with E-state index in [1.165, 1.54) is 5.56 Å². The number of nitriles is 1. The van der Waals surface area contributed by atoms with Gasteiger partial charge < -0.3 is 9.73 Å². The van der Waals surface area contributed by atoms with Crippen molar-refractivity contribution in [2.24, 2.45) is 0 Å². The predicted octanol–water partition coefficient (Wildman–Crippen LogP) is 3.85. The zero-order valence-electron chi connectivity index (χ0n) is 11.8. The monoisotopic (exact) mass is 268 g/mol. The van der Waals surface area contributed by atoms with Gasteiger partial charge in [-0.05, 0) is 31.0 Å². The minimum absolute atomic E-state index is 0.0906. The molecular formula is C17H20N2O. The van der Waals surface area contributed by atoms with Crippen LogP contribution in [0.25, 0.3) is 0 Å². The maximum Gasteiger partial charge on any atom is 0.103 e. The molecule has 0 saturated heterocycles. The second-order valence-corrected chi connectivity index (χ2v) is 5.01. The van der Waals surface area contributed by atoms with Crippen molar-refractivity contribution in [3.8, 4) is 6.07 Å². The Hall–Kier alpha value is -2.05. The van der Waals surface area contributed by atoms with Crippen molar-refractivity contribution in [3.63, 3.8) is 0 Å². The molecule has 0 spiro atoms. The van der Waals surface area contributed by atoms with E-state index in [1.54, 1.807) is 6.26 Å². The summed E-state index contributed by atoms with van der Waals surface area (Å²) in [6.45, 7) is 2.15. The molecule has 0 bridgehead atoms. The molecule has 0 aliphatic rings. The van der Waals surface area contributed by atoms with Crippen LogP contribution in [0.5, 0.6) is 0 Å². The van der Waals surface area contributed by atoms with Crippen LogP contribution in [0, 0.1) is 11.3 Å². The second kappa shape index (κ2) is 7.52. The van der Waals surface area contributed by atoms with Crippen LogP contribution in [0.1, 0.15) is 37.1 Å². The van der Waals surface area contributed by atoms with E-state index in [9.17, 15) is 0 Å². The lowest BCUT2D eigenvalue weighted by Gasteiger charge is -2.21. The first-order chi connectivity index (χ1) is 9.79. The first-order valence-electron chi connectivity index (χ1n) is 7.00. The van der Waals surface area contributed by atoms with Crippen molar-refractivity contribution in [2.75, 3.05) is 0 Å². The average molecular weight is 268 g/mol. The van der Waals surface area contributed by atoms with Crippen molar-refractivity contribution in [2.45, 2.75) is 38.3 Å². The number of hydrogen-bond donors (Lipinski definition) is 1. The topological polar surface area (TPSA) is 49.0 Å². The third-order valence-electron chi connectivity index (χ3n) is 3.39. The minimum Gasteiger partial charge on any atom is -0.469 e. The van der Waals surface area contributed by atoms with E-state index in [1.807, 2.05) is 30.3 Å². The molecule has 2 unspecified atom stereocenters. The quantitative estimate of drug-likeness (QED) is 0.829. The van der Waals surface area contributed by atoms with Crippen molar-refractivity contribution in [3.05, 3.63) is 60.1 Å². The van der Waals surface area contributed by atoms with Gasteiger partial charge in [0.25, 0.3) is 0 Å². The van der Waals surface area contributed by atoms with Gasteiger partial charge in [-0.2, -0.15) is 5.26 Å². The molecule has 2 rings (SSSR count). The van der Waals surface area contributed by atoms with E-state index in [0.717, 1.165) is 18.6 Å². The summed E-state index contributed by atoms with van der Waals surface area (Å²) in [6, 6.07) is 16.7. The smallest absolute Gasteiger partial charge is 0.103 e. The molecule has 1 N–H and O–H groups in total. The molecule has 20 heavy (non-hydrogen) atoms. The molecule has 0 saturated carbocycles. The molecule has 1 aromatic heterocycles. The van der Waals surface area contributed by atoms with Gasteiger partial charge in [-0.3, -0.25) is 0 Å². The van der Waals surface area contributed by atoms with Crippen LogP contribution in [-0.2, 0) is 6.42 Å². The van der Waals surface area contributed by atoms with Gasteiger partial charge in [0.2, 0.25) is 0 Å². The standard InChI is InChI=1S/C17H20N2O/c1-14(9-10-16-8-5-13-20-16)19-17(11-12-18)15-6-3-2-4-7-15/h2-8,13-14,17,19H,9-11H2,1H3. The van der Waals surface area contributed by atoms with Crippen LogP contribution < -0.4 is 5.32 Å². The number of nitrogens with one attached hydrogen (secondary N) is 1. The third kappa shape index (κ3) is 4.25. The maximum absolute atomic E-state index is 8.99. The van der Waals surface area contributed by atoms with Gasteiger partial charge in [0, 0.05) is 18.5 Å². The van der Waals surface area contributed by atoms with Gasteiger partial charge in [0.1, 0.15) is 5.76 Å². The Morgan fingerprint density at radius 2 is 2.00 bits per heavy atom.